The van der Waals surface area contributed by atoms with Crippen LogP contribution < -0.4 is 4.90 Å². The van der Waals surface area contributed by atoms with Crippen molar-refractivity contribution in [3.05, 3.63) is 82.9 Å². The number of fused-ring (bicyclic) bond motifs is 1. The number of allylic oxidation sites excluding steroid dienone is 1. The number of hydrogen-bond acceptors (Lipinski definition) is 1. The maximum Gasteiger partial charge on any atom is 0.258 e. The van der Waals surface area contributed by atoms with Gasteiger partial charge in [-0.25, -0.2) is 0 Å². The van der Waals surface area contributed by atoms with Gasteiger partial charge >= 0.3 is 0 Å². The van der Waals surface area contributed by atoms with Crippen LogP contribution in [0.15, 0.2) is 66.3 Å². The van der Waals surface area contributed by atoms with Crippen LogP contribution in [0, 0.1) is 6.92 Å². The lowest BCUT2D eigenvalue weighted by Gasteiger charge is -2.29. The Kier molecular flexibility index (Phi) is 3.92. The van der Waals surface area contributed by atoms with E-state index in [-0.39, 0.29) is 5.91 Å². The van der Waals surface area contributed by atoms with Gasteiger partial charge < -0.3 is 4.90 Å². The highest BCUT2D eigenvalue weighted by Gasteiger charge is 2.24. The minimum Gasteiger partial charge on any atom is -0.303 e. The molecule has 0 aromatic heterocycles. The van der Waals surface area contributed by atoms with Gasteiger partial charge in [-0.05, 0) is 48.8 Å². The van der Waals surface area contributed by atoms with Crippen LogP contribution in [0.5, 0.6) is 0 Å². The second kappa shape index (κ2) is 6.02. The molecule has 2 aromatic rings. The molecule has 0 bridgehead atoms. The van der Waals surface area contributed by atoms with E-state index in [0.717, 1.165) is 28.0 Å². The van der Waals surface area contributed by atoms with Crippen molar-refractivity contribution in [2.75, 3.05) is 11.4 Å². The fourth-order valence-corrected chi connectivity index (χ4v) is 2.82. The molecule has 1 amide bonds. The van der Waals surface area contributed by atoms with Crippen LogP contribution in [0.25, 0.3) is 6.08 Å². The lowest BCUT2D eigenvalue weighted by Crippen LogP contribution is -2.35. The first-order valence-corrected chi connectivity index (χ1v) is 7.50. The third-order valence-corrected chi connectivity index (χ3v) is 3.91. The van der Waals surface area contributed by atoms with Gasteiger partial charge in [-0.15, -0.1) is 0 Å². The highest BCUT2D eigenvalue weighted by Crippen LogP contribution is 2.30. The summed E-state index contributed by atoms with van der Waals surface area (Å²) in [7, 11) is 0. The van der Waals surface area contributed by atoms with Crippen LogP contribution in [0.4, 0.5) is 5.69 Å². The Labute approximate surface area is 131 Å². The van der Waals surface area contributed by atoms with Gasteiger partial charge in [0, 0.05) is 5.56 Å². The van der Waals surface area contributed by atoms with Crippen molar-refractivity contribution in [2.24, 2.45) is 0 Å². The number of amides is 1. The van der Waals surface area contributed by atoms with Gasteiger partial charge in [-0.3, -0.25) is 4.79 Å². The normalized spacial score (nSPS) is 13.9. The van der Waals surface area contributed by atoms with Crippen LogP contribution >= 0.6 is 0 Å². The Morgan fingerprint density at radius 1 is 1.09 bits per heavy atom. The fraction of sp³-hybridized carbons (Fsp3) is 0.150. The first kappa shape index (κ1) is 14.3. The standard InChI is InChI=1S/C20H19NO/c1-3-8-16-13-17-10-5-7-12-19(17)21(14-16)20(22)18-11-6-4-9-15(18)2/h3-13H,14H2,1-2H3/b8-3+. The zero-order valence-electron chi connectivity index (χ0n) is 12.9. The van der Waals surface area contributed by atoms with E-state index < -0.39 is 0 Å². The number of nitrogens with zero attached hydrogens (tertiary/aromatic N) is 1. The lowest BCUT2D eigenvalue weighted by atomic mass is 10.00. The van der Waals surface area contributed by atoms with Gasteiger partial charge in [-0.1, -0.05) is 48.6 Å². The second-order valence-corrected chi connectivity index (χ2v) is 5.48. The molecule has 1 aliphatic heterocycles. The predicted octanol–water partition coefficient (Wildman–Crippen LogP) is 4.61. The number of hydrogen-bond donors (Lipinski definition) is 0. The maximum absolute atomic E-state index is 13.0. The second-order valence-electron chi connectivity index (χ2n) is 5.48. The topological polar surface area (TPSA) is 20.3 Å². The Bertz CT molecular complexity index is 771. The van der Waals surface area contributed by atoms with Crippen molar-refractivity contribution in [1.82, 2.24) is 0 Å². The summed E-state index contributed by atoms with van der Waals surface area (Å²) in [4.78, 5) is 14.9. The van der Waals surface area contributed by atoms with Crippen LogP contribution in [-0.2, 0) is 0 Å². The van der Waals surface area contributed by atoms with Crippen molar-refractivity contribution >= 4 is 17.7 Å². The predicted molar refractivity (Wildman–Crippen MR) is 92.1 cm³/mol. The van der Waals surface area contributed by atoms with E-state index in [9.17, 15) is 4.79 Å². The molecule has 2 aromatic carbocycles. The molecule has 0 spiro atoms. The summed E-state index contributed by atoms with van der Waals surface area (Å²) >= 11 is 0. The maximum atomic E-state index is 13.0. The molecule has 0 unspecified atom stereocenters. The van der Waals surface area contributed by atoms with Crippen molar-refractivity contribution in [3.63, 3.8) is 0 Å². The molecule has 2 nitrogen and oxygen atoms in total. The third-order valence-electron chi connectivity index (χ3n) is 3.91. The van der Waals surface area contributed by atoms with E-state index in [1.54, 1.807) is 0 Å². The first-order valence-electron chi connectivity index (χ1n) is 7.50. The molecule has 0 fully saturated rings. The average molecular weight is 289 g/mol. The molecular formula is C20H19NO. The van der Waals surface area contributed by atoms with Crippen molar-refractivity contribution in [1.29, 1.82) is 0 Å². The summed E-state index contributed by atoms with van der Waals surface area (Å²) in [6.45, 7) is 4.58. The first-order chi connectivity index (χ1) is 10.7. The van der Waals surface area contributed by atoms with Gasteiger partial charge in [0.2, 0.25) is 0 Å². The van der Waals surface area contributed by atoms with Gasteiger partial charge in [-0.2, -0.15) is 0 Å². The number of anilines is 1. The van der Waals surface area contributed by atoms with Crippen LogP contribution in [0.3, 0.4) is 0 Å². The number of para-hydroxylation sites is 1. The average Bonchev–Trinajstić information content (AvgIpc) is 2.54. The van der Waals surface area contributed by atoms with Gasteiger partial charge in [0.15, 0.2) is 0 Å². The molecule has 0 saturated heterocycles. The summed E-state index contributed by atoms with van der Waals surface area (Å²) in [5, 5.41) is 0. The van der Waals surface area contributed by atoms with Crippen LogP contribution in [0.2, 0.25) is 0 Å². The fourth-order valence-electron chi connectivity index (χ4n) is 2.82. The molecule has 1 heterocycles. The summed E-state index contributed by atoms with van der Waals surface area (Å²) in [6.07, 6.45) is 6.22. The summed E-state index contributed by atoms with van der Waals surface area (Å²) in [5.41, 5.74) is 4.97. The molecule has 2 heteroatoms. The van der Waals surface area contributed by atoms with Gasteiger partial charge in [0.25, 0.3) is 5.91 Å². The number of aryl methyl sites for hydroxylation is 1. The molecule has 0 saturated carbocycles. The van der Waals surface area contributed by atoms with Crippen molar-refractivity contribution in [3.8, 4) is 0 Å². The number of benzene rings is 2. The minimum absolute atomic E-state index is 0.0562. The number of carbonyl (C=O) groups excluding carboxylic acids is 1. The highest BCUT2D eigenvalue weighted by molar-refractivity contribution is 6.09. The van der Waals surface area contributed by atoms with Crippen molar-refractivity contribution < 1.29 is 4.79 Å². The zero-order valence-corrected chi connectivity index (χ0v) is 12.9. The molecule has 22 heavy (non-hydrogen) atoms. The van der Waals surface area contributed by atoms with Crippen LogP contribution in [0.1, 0.15) is 28.4 Å². The minimum atomic E-state index is 0.0562. The molecule has 0 radical (unpaired) electrons. The molecule has 0 atom stereocenters. The summed E-state index contributed by atoms with van der Waals surface area (Å²) in [5.74, 6) is 0.0562. The molecule has 3 rings (SSSR count). The Morgan fingerprint density at radius 3 is 2.59 bits per heavy atom. The van der Waals surface area contributed by atoms with Gasteiger partial charge in [0.1, 0.15) is 0 Å². The largest absolute Gasteiger partial charge is 0.303 e. The number of carbonyl (C=O) groups is 1. The van der Waals surface area contributed by atoms with E-state index in [4.69, 9.17) is 0 Å². The summed E-state index contributed by atoms with van der Waals surface area (Å²) < 4.78 is 0. The molecule has 110 valence electrons. The zero-order chi connectivity index (χ0) is 15.5. The SMILES string of the molecule is C/C=C/C1=Cc2ccccc2N(C(=O)c2ccccc2C)C1. The van der Waals surface area contributed by atoms with E-state index in [0.29, 0.717) is 6.54 Å². The lowest BCUT2D eigenvalue weighted by molar-refractivity contribution is 0.0988. The molecule has 0 aliphatic carbocycles. The smallest absolute Gasteiger partial charge is 0.258 e. The highest BCUT2D eigenvalue weighted by atomic mass is 16.2. The molecule has 0 N–H and O–H groups in total. The third kappa shape index (κ3) is 2.60. The summed E-state index contributed by atoms with van der Waals surface area (Å²) in [6, 6.07) is 15.8. The van der Waals surface area contributed by atoms with Crippen molar-refractivity contribution in [2.45, 2.75) is 13.8 Å². The molecule has 1 aliphatic rings. The monoisotopic (exact) mass is 289 g/mol. The Morgan fingerprint density at radius 2 is 1.82 bits per heavy atom. The van der Waals surface area contributed by atoms with E-state index in [1.807, 2.05) is 67.3 Å². The Balaban J connectivity index is 2.06. The number of rotatable bonds is 2. The quantitative estimate of drug-likeness (QED) is 0.790. The van der Waals surface area contributed by atoms with Gasteiger partial charge in [0.05, 0.1) is 12.2 Å². The van der Waals surface area contributed by atoms with E-state index >= 15 is 0 Å². The van der Waals surface area contributed by atoms with E-state index in [2.05, 4.69) is 18.2 Å². The van der Waals surface area contributed by atoms with Crippen LogP contribution in [-0.4, -0.2) is 12.5 Å². The van der Waals surface area contributed by atoms with E-state index in [1.165, 1.54) is 0 Å². The Hall–Kier alpha value is -2.61. The molecular weight excluding hydrogens is 270 g/mol.